The second kappa shape index (κ2) is 8.41. The molecule has 2 rings (SSSR count). The molecule has 6 heteroatoms. The Morgan fingerprint density at radius 1 is 1.19 bits per heavy atom. The van der Waals surface area contributed by atoms with Gasteiger partial charge in [-0.3, -0.25) is 9.59 Å². The van der Waals surface area contributed by atoms with Gasteiger partial charge in [0.1, 0.15) is 5.75 Å². The van der Waals surface area contributed by atoms with E-state index < -0.39 is 5.97 Å². The predicted molar refractivity (Wildman–Crippen MR) is 101 cm³/mol. The maximum Gasteiger partial charge on any atom is 0.310 e. The molecule has 5 nitrogen and oxygen atoms in total. The topological polar surface area (TPSA) is 57.5 Å². The Labute approximate surface area is 158 Å². The molecule has 0 aliphatic heterocycles. The van der Waals surface area contributed by atoms with E-state index in [-0.39, 0.29) is 24.9 Å². The van der Waals surface area contributed by atoms with Crippen molar-refractivity contribution in [1.82, 2.24) is 4.57 Å². The van der Waals surface area contributed by atoms with Gasteiger partial charge in [-0.2, -0.15) is 0 Å². The van der Waals surface area contributed by atoms with E-state index in [1.165, 1.54) is 7.11 Å². The minimum atomic E-state index is -0.503. The number of nitrogens with zero attached hydrogens (tertiary/aromatic N) is 1. The van der Waals surface area contributed by atoms with Crippen LogP contribution < -0.4 is 4.74 Å². The molecule has 0 aliphatic carbocycles. The first-order valence-electron chi connectivity index (χ1n) is 8.44. The molecule has 26 heavy (non-hydrogen) atoms. The summed E-state index contributed by atoms with van der Waals surface area (Å²) in [5.41, 5.74) is 3.10. The number of hydrogen-bond donors (Lipinski definition) is 0. The Kier molecular flexibility index (Phi) is 6.48. The first kappa shape index (κ1) is 20.0. The van der Waals surface area contributed by atoms with Crippen molar-refractivity contribution in [3.05, 3.63) is 51.8 Å². The number of aromatic nitrogens is 1. The molecule has 0 spiro atoms. The number of rotatable bonds is 7. The van der Waals surface area contributed by atoms with Gasteiger partial charge in [-0.25, -0.2) is 0 Å². The summed E-state index contributed by atoms with van der Waals surface area (Å²) < 4.78 is 12.5. The molecule has 0 bridgehead atoms. The smallest absolute Gasteiger partial charge is 0.310 e. The lowest BCUT2D eigenvalue weighted by Crippen LogP contribution is -2.17. The van der Waals surface area contributed by atoms with E-state index >= 15 is 0 Å². The molecule has 0 saturated heterocycles. The normalized spacial score (nSPS) is 10.9. The molecule has 1 aromatic heterocycles. The van der Waals surface area contributed by atoms with Crippen LogP contribution in [0, 0.1) is 13.8 Å². The molecular weight excluding hydrogens is 354 g/mol. The second-order valence-electron chi connectivity index (χ2n) is 6.47. The van der Waals surface area contributed by atoms with Crippen molar-refractivity contribution in [2.75, 3.05) is 13.7 Å². The van der Waals surface area contributed by atoms with Gasteiger partial charge in [0, 0.05) is 33.6 Å². The highest BCUT2D eigenvalue weighted by atomic mass is 35.5. The van der Waals surface area contributed by atoms with Crippen molar-refractivity contribution in [2.45, 2.75) is 40.2 Å². The number of halogens is 1. The number of ketones is 1. The van der Waals surface area contributed by atoms with Gasteiger partial charge >= 0.3 is 5.97 Å². The van der Waals surface area contributed by atoms with Gasteiger partial charge in [-0.15, -0.1) is 0 Å². The van der Waals surface area contributed by atoms with E-state index in [0.29, 0.717) is 21.9 Å². The monoisotopic (exact) mass is 377 g/mol. The summed E-state index contributed by atoms with van der Waals surface area (Å²) in [4.78, 5) is 24.6. The Hall–Kier alpha value is -2.27. The van der Waals surface area contributed by atoms with Crippen LogP contribution in [-0.4, -0.2) is 30.0 Å². The summed E-state index contributed by atoms with van der Waals surface area (Å²) in [7, 11) is 1.52. The highest BCUT2D eigenvalue weighted by molar-refractivity contribution is 6.30. The van der Waals surface area contributed by atoms with E-state index in [2.05, 4.69) is 18.4 Å². The largest absolute Gasteiger partial charge is 0.496 e. The number of benzene rings is 1. The molecule has 0 amide bonds. The van der Waals surface area contributed by atoms with Crippen LogP contribution in [0.5, 0.6) is 5.75 Å². The fourth-order valence-electron chi connectivity index (χ4n) is 3.17. The number of methoxy groups -OCH3 is 1. The number of Topliss-reactive ketones (excluding diaryl/α,β-unsaturated/α-hetero) is 1. The van der Waals surface area contributed by atoms with Gasteiger partial charge in [0.15, 0.2) is 6.61 Å². The third-order valence-electron chi connectivity index (χ3n) is 4.24. The van der Waals surface area contributed by atoms with E-state index in [1.807, 2.05) is 19.9 Å². The number of esters is 1. The van der Waals surface area contributed by atoms with E-state index in [4.69, 9.17) is 21.1 Å². The van der Waals surface area contributed by atoms with Crippen molar-refractivity contribution in [3.8, 4) is 5.75 Å². The van der Waals surface area contributed by atoms with Crippen molar-refractivity contribution in [2.24, 2.45) is 0 Å². The van der Waals surface area contributed by atoms with Crippen LogP contribution in [0.4, 0.5) is 0 Å². The molecule has 0 atom stereocenters. The van der Waals surface area contributed by atoms with E-state index in [9.17, 15) is 9.59 Å². The lowest BCUT2D eigenvalue weighted by atomic mass is 10.1. The highest BCUT2D eigenvalue weighted by Crippen LogP contribution is 2.24. The third kappa shape index (κ3) is 4.47. The first-order chi connectivity index (χ1) is 12.2. The fourth-order valence-corrected chi connectivity index (χ4v) is 3.36. The summed E-state index contributed by atoms with van der Waals surface area (Å²) in [6.45, 7) is 7.70. The average Bonchev–Trinajstić information content (AvgIpc) is 2.87. The second-order valence-corrected chi connectivity index (χ2v) is 6.90. The van der Waals surface area contributed by atoms with Crippen molar-refractivity contribution >= 4 is 23.4 Å². The van der Waals surface area contributed by atoms with Crippen molar-refractivity contribution < 1.29 is 19.1 Å². The molecule has 140 valence electrons. The molecule has 1 heterocycles. The predicted octanol–water partition coefficient (Wildman–Crippen LogP) is 4.32. The number of carbonyl (C=O) groups excluding carboxylic acids is 2. The number of ether oxygens (including phenoxy) is 2. The summed E-state index contributed by atoms with van der Waals surface area (Å²) in [5.74, 6) is -0.161. The number of hydrogen-bond acceptors (Lipinski definition) is 4. The van der Waals surface area contributed by atoms with Crippen LogP contribution in [0.3, 0.4) is 0 Å². The summed E-state index contributed by atoms with van der Waals surface area (Å²) in [6, 6.07) is 7.13. The third-order valence-corrected chi connectivity index (χ3v) is 4.48. The van der Waals surface area contributed by atoms with Crippen LogP contribution in [0.25, 0.3) is 0 Å². The maximum atomic E-state index is 12.5. The van der Waals surface area contributed by atoms with Gasteiger partial charge in [0.2, 0.25) is 5.78 Å². The van der Waals surface area contributed by atoms with Crippen molar-refractivity contribution in [3.63, 3.8) is 0 Å². The van der Waals surface area contributed by atoms with E-state index in [0.717, 1.165) is 11.4 Å². The minimum Gasteiger partial charge on any atom is -0.496 e. The molecule has 0 saturated carbocycles. The van der Waals surface area contributed by atoms with Gasteiger partial charge < -0.3 is 14.0 Å². The molecule has 1 aromatic carbocycles. The minimum absolute atomic E-state index is 0.0119. The fraction of sp³-hybridized carbons (Fsp3) is 0.400. The van der Waals surface area contributed by atoms with Gasteiger partial charge in [-0.1, -0.05) is 11.6 Å². The molecule has 0 unspecified atom stereocenters. The lowest BCUT2D eigenvalue weighted by molar-refractivity contribution is -0.141. The van der Waals surface area contributed by atoms with Crippen LogP contribution in [0.15, 0.2) is 24.3 Å². The quantitative estimate of drug-likeness (QED) is 0.532. The standard InChI is InChI=1S/C20H24ClNO4/c1-12(2)22-13(3)8-17(14(22)4)18(23)11-26-20(24)10-15-9-16(21)6-7-19(15)25-5/h6-9,12H,10-11H2,1-5H3. The molecule has 0 fully saturated rings. The summed E-state index contributed by atoms with van der Waals surface area (Å²) >= 11 is 5.96. The summed E-state index contributed by atoms with van der Waals surface area (Å²) in [5, 5.41) is 0.505. The SMILES string of the molecule is COc1ccc(Cl)cc1CC(=O)OCC(=O)c1cc(C)n(C(C)C)c1C. The lowest BCUT2D eigenvalue weighted by Gasteiger charge is -2.13. The Bertz CT molecular complexity index is 823. The van der Waals surface area contributed by atoms with Gasteiger partial charge in [0.25, 0.3) is 0 Å². The van der Waals surface area contributed by atoms with Gasteiger partial charge in [-0.05, 0) is 52.0 Å². The molecule has 2 aromatic rings. The molecular formula is C20H24ClNO4. The first-order valence-corrected chi connectivity index (χ1v) is 8.82. The molecule has 0 radical (unpaired) electrons. The Balaban J connectivity index is 2.03. The molecule has 0 aliphatic rings. The van der Waals surface area contributed by atoms with Crippen LogP contribution in [0.1, 0.15) is 47.2 Å². The van der Waals surface area contributed by atoms with Crippen LogP contribution in [0.2, 0.25) is 5.02 Å². The number of aryl methyl sites for hydroxylation is 1. The van der Waals surface area contributed by atoms with Crippen LogP contribution in [-0.2, 0) is 16.0 Å². The van der Waals surface area contributed by atoms with Crippen molar-refractivity contribution in [1.29, 1.82) is 0 Å². The van der Waals surface area contributed by atoms with Crippen LogP contribution >= 0.6 is 11.6 Å². The zero-order valence-electron chi connectivity index (χ0n) is 15.8. The maximum absolute atomic E-state index is 12.5. The Morgan fingerprint density at radius 3 is 2.46 bits per heavy atom. The molecule has 0 N–H and O–H groups in total. The van der Waals surface area contributed by atoms with E-state index in [1.54, 1.807) is 18.2 Å². The van der Waals surface area contributed by atoms with Gasteiger partial charge in [0.05, 0.1) is 13.5 Å². The summed E-state index contributed by atoms with van der Waals surface area (Å²) in [6.07, 6.45) is -0.0119. The zero-order chi connectivity index (χ0) is 19.4. The zero-order valence-corrected chi connectivity index (χ0v) is 16.5. The highest BCUT2D eigenvalue weighted by Gasteiger charge is 2.19. The number of carbonyl (C=O) groups is 2. The average molecular weight is 378 g/mol. The Morgan fingerprint density at radius 2 is 1.88 bits per heavy atom.